The minimum Gasteiger partial charge on any atom is -0.394 e. The van der Waals surface area contributed by atoms with E-state index >= 15 is 0 Å². The summed E-state index contributed by atoms with van der Waals surface area (Å²) in [5.41, 5.74) is 0. The summed E-state index contributed by atoms with van der Waals surface area (Å²) in [6, 6.07) is -1.01. The molecule has 55 heavy (non-hydrogen) atoms. The van der Waals surface area contributed by atoms with Crippen LogP contribution in [0.2, 0.25) is 0 Å². The van der Waals surface area contributed by atoms with Gasteiger partial charge in [0.25, 0.3) is 0 Å². The lowest BCUT2D eigenvalue weighted by Crippen LogP contribution is -2.53. The molecule has 0 aromatic heterocycles. The van der Waals surface area contributed by atoms with Gasteiger partial charge in [0.05, 0.1) is 18.8 Å². The molecule has 0 bridgehead atoms. The Balaban J connectivity index is 3.78. The van der Waals surface area contributed by atoms with E-state index in [1.54, 1.807) is 0 Å². The van der Waals surface area contributed by atoms with Crippen molar-refractivity contribution >= 4 is 5.91 Å². The van der Waals surface area contributed by atoms with Crippen LogP contribution in [0.1, 0.15) is 239 Å². The first-order chi connectivity index (χ1) is 27.0. The molecule has 0 aromatic carbocycles. The van der Waals surface area contributed by atoms with E-state index in [1.807, 2.05) is 0 Å². The molecule has 0 aromatic rings. The zero-order valence-electron chi connectivity index (χ0n) is 36.4. The summed E-state index contributed by atoms with van der Waals surface area (Å²) in [7, 11) is 0. The second kappa shape index (κ2) is 43.6. The number of hydrogen-bond acceptors (Lipinski definition) is 5. The van der Waals surface area contributed by atoms with Crippen molar-refractivity contribution in [2.45, 2.75) is 263 Å². The van der Waals surface area contributed by atoms with Crippen molar-refractivity contribution in [1.29, 1.82) is 0 Å². The maximum atomic E-state index is 12.5. The summed E-state index contributed by atoms with van der Waals surface area (Å²) in [6.45, 7) is 4.04. The highest BCUT2D eigenvalue weighted by Gasteiger charge is 2.28. The number of aliphatic hydroxyl groups is 4. The van der Waals surface area contributed by atoms with Gasteiger partial charge in [0.1, 0.15) is 12.2 Å². The maximum absolute atomic E-state index is 12.5. The third kappa shape index (κ3) is 37.8. The Hall–Kier alpha value is -1.47. The van der Waals surface area contributed by atoms with Gasteiger partial charge in [-0.2, -0.15) is 0 Å². The standard InChI is InChI=1S/C49H93NO5/c1-3-5-7-9-11-13-15-17-19-21-23-25-26-28-30-32-34-36-38-40-42-46(52)48(54)45(44-51)50-49(55)47(53)43-41-39-37-35-33-31-29-27-24-22-20-18-16-14-12-10-8-6-4-2/h19,21,26,28,34,36,45-48,51-54H,3-18,20,22-25,27,29-33,35,37-44H2,1-2H3,(H,50,55)/b21-19+,28-26+,36-34+. The fourth-order valence-corrected chi connectivity index (χ4v) is 7.26. The number of rotatable bonds is 43. The molecule has 4 atom stereocenters. The Morgan fingerprint density at radius 1 is 0.436 bits per heavy atom. The molecular formula is C49H93NO5. The summed E-state index contributed by atoms with van der Waals surface area (Å²) in [5, 5.41) is 43.7. The van der Waals surface area contributed by atoms with Crippen molar-refractivity contribution in [2.75, 3.05) is 6.61 Å². The molecule has 0 rings (SSSR count). The van der Waals surface area contributed by atoms with Gasteiger partial charge in [-0.3, -0.25) is 4.79 Å². The van der Waals surface area contributed by atoms with E-state index < -0.39 is 36.9 Å². The van der Waals surface area contributed by atoms with Gasteiger partial charge in [-0.1, -0.05) is 211 Å². The molecule has 0 aliphatic rings. The van der Waals surface area contributed by atoms with Crippen LogP contribution in [0.25, 0.3) is 0 Å². The van der Waals surface area contributed by atoms with E-state index in [9.17, 15) is 25.2 Å². The normalized spacial score (nSPS) is 14.4. The highest BCUT2D eigenvalue weighted by molar-refractivity contribution is 5.80. The molecule has 1 amide bonds. The number of hydrogen-bond donors (Lipinski definition) is 5. The van der Waals surface area contributed by atoms with Gasteiger partial charge >= 0.3 is 0 Å². The molecular weight excluding hydrogens is 683 g/mol. The van der Waals surface area contributed by atoms with Crippen molar-refractivity contribution < 1.29 is 25.2 Å². The number of carbonyl (C=O) groups excluding carboxylic acids is 1. The van der Waals surface area contributed by atoms with E-state index in [0.717, 1.165) is 51.4 Å². The van der Waals surface area contributed by atoms with Crippen molar-refractivity contribution in [2.24, 2.45) is 0 Å². The van der Waals surface area contributed by atoms with Crippen LogP contribution in [0, 0.1) is 0 Å². The maximum Gasteiger partial charge on any atom is 0.249 e. The third-order valence-corrected chi connectivity index (χ3v) is 11.1. The number of carbonyl (C=O) groups is 1. The predicted molar refractivity (Wildman–Crippen MR) is 237 cm³/mol. The van der Waals surface area contributed by atoms with E-state index in [-0.39, 0.29) is 0 Å². The fraction of sp³-hybridized carbons (Fsp3) is 0.857. The van der Waals surface area contributed by atoms with E-state index in [2.05, 4.69) is 55.6 Å². The summed E-state index contributed by atoms with van der Waals surface area (Å²) >= 11 is 0. The number of allylic oxidation sites excluding steroid dienone is 6. The quantitative estimate of drug-likeness (QED) is 0.0313. The van der Waals surface area contributed by atoms with Crippen LogP contribution in [0.4, 0.5) is 0 Å². The number of aliphatic hydroxyl groups excluding tert-OH is 4. The molecule has 0 saturated carbocycles. The summed E-state index contributed by atoms with van der Waals surface area (Å²) < 4.78 is 0. The molecule has 0 aliphatic heterocycles. The molecule has 324 valence electrons. The van der Waals surface area contributed by atoms with E-state index in [1.165, 1.54) is 154 Å². The second-order valence-corrected chi connectivity index (χ2v) is 16.4. The average molecular weight is 776 g/mol. The Bertz CT molecular complexity index is 873. The SMILES string of the molecule is CCCCCCCCC/C=C/CC/C=C/CC/C=C/CCCC(O)C(O)C(CO)NC(=O)C(O)CCCCCCCCCCCCCCCCCCCCC. The van der Waals surface area contributed by atoms with Crippen LogP contribution in [0.5, 0.6) is 0 Å². The lowest BCUT2D eigenvalue weighted by Gasteiger charge is -2.27. The van der Waals surface area contributed by atoms with Gasteiger partial charge in [0.2, 0.25) is 5.91 Å². The minimum absolute atomic E-state index is 0.361. The molecule has 0 radical (unpaired) electrons. The van der Waals surface area contributed by atoms with Gasteiger partial charge in [0.15, 0.2) is 0 Å². The zero-order chi connectivity index (χ0) is 40.3. The van der Waals surface area contributed by atoms with Crippen molar-refractivity contribution in [3.05, 3.63) is 36.5 Å². The van der Waals surface area contributed by atoms with Crippen LogP contribution < -0.4 is 5.32 Å². The summed E-state index contributed by atoms with van der Waals surface area (Å²) in [4.78, 5) is 12.5. The first-order valence-corrected chi connectivity index (χ1v) is 23.9. The average Bonchev–Trinajstić information content (AvgIpc) is 3.19. The molecule has 5 N–H and O–H groups in total. The smallest absolute Gasteiger partial charge is 0.249 e. The summed E-state index contributed by atoms with van der Waals surface area (Å²) in [5.74, 6) is -0.597. The first-order valence-electron chi connectivity index (χ1n) is 23.9. The number of unbranched alkanes of at least 4 members (excludes halogenated alkanes) is 28. The monoisotopic (exact) mass is 776 g/mol. The van der Waals surface area contributed by atoms with Crippen LogP contribution in [-0.4, -0.2) is 57.3 Å². The molecule has 0 saturated heterocycles. The van der Waals surface area contributed by atoms with E-state index in [4.69, 9.17) is 0 Å². The first kappa shape index (κ1) is 53.5. The predicted octanol–water partition coefficient (Wildman–Crippen LogP) is 12.9. The fourth-order valence-electron chi connectivity index (χ4n) is 7.26. The largest absolute Gasteiger partial charge is 0.394 e. The Labute approximate surface area is 341 Å². The molecule has 6 heteroatoms. The number of amides is 1. The molecule has 0 fully saturated rings. The van der Waals surface area contributed by atoms with Gasteiger partial charge in [0, 0.05) is 0 Å². The van der Waals surface area contributed by atoms with E-state index in [0.29, 0.717) is 19.3 Å². The van der Waals surface area contributed by atoms with Crippen LogP contribution in [0.3, 0.4) is 0 Å². The van der Waals surface area contributed by atoms with Gasteiger partial charge < -0.3 is 25.7 Å². The molecule has 4 unspecified atom stereocenters. The third-order valence-electron chi connectivity index (χ3n) is 11.1. The zero-order valence-corrected chi connectivity index (χ0v) is 36.4. The summed E-state index contributed by atoms with van der Waals surface area (Å²) in [6.07, 6.45) is 51.8. The Morgan fingerprint density at radius 2 is 0.764 bits per heavy atom. The Kier molecular flexibility index (Phi) is 42.5. The van der Waals surface area contributed by atoms with Gasteiger partial charge in [-0.15, -0.1) is 0 Å². The highest BCUT2D eigenvalue weighted by Crippen LogP contribution is 2.16. The van der Waals surface area contributed by atoms with Gasteiger partial charge in [-0.25, -0.2) is 0 Å². The Morgan fingerprint density at radius 3 is 1.15 bits per heavy atom. The lowest BCUT2D eigenvalue weighted by molar-refractivity contribution is -0.132. The van der Waals surface area contributed by atoms with Crippen LogP contribution in [0.15, 0.2) is 36.5 Å². The lowest BCUT2D eigenvalue weighted by atomic mass is 10.00. The van der Waals surface area contributed by atoms with Gasteiger partial charge in [-0.05, 0) is 64.2 Å². The van der Waals surface area contributed by atoms with Crippen LogP contribution in [-0.2, 0) is 4.79 Å². The van der Waals surface area contributed by atoms with Crippen LogP contribution >= 0.6 is 0 Å². The molecule has 0 heterocycles. The second-order valence-electron chi connectivity index (χ2n) is 16.4. The van der Waals surface area contributed by atoms with Crippen molar-refractivity contribution in [3.63, 3.8) is 0 Å². The molecule has 0 spiro atoms. The number of nitrogens with one attached hydrogen (secondary N) is 1. The van der Waals surface area contributed by atoms with Crippen molar-refractivity contribution in [3.8, 4) is 0 Å². The molecule has 6 nitrogen and oxygen atoms in total. The highest BCUT2D eigenvalue weighted by atomic mass is 16.3. The minimum atomic E-state index is -1.29. The topological polar surface area (TPSA) is 110 Å². The molecule has 0 aliphatic carbocycles. The van der Waals surface area contributed by atoms with Crippen molar-refractivity contribution in [1.82, 2.24) is 5.32 Å².